The molecule has 0 heterocycles. The van der Waals surface area contributed by atoms with Crippen molar-refractivity contribution >= 4 is 32.6 Å². The van der Waals surface area contributed by atoms with Gasteiger partial charge in [0.2, 0.25) is 0 Å². The highest BCUT2D eigenvalue weighted by atomic mass is 79.9. The largest absolute Gasteiger partial charge is 0.206 e. The molecule has 0 fully saturated rings. The Bertz CT molecular complexity index is 434. The molecule has 0 aliphatic heterocycles. The van der Waals surface area contributed by atoms with Crippen molar-refractivity contribution in [3.05, 3.63) is 39.6 Å². The van der Waals surface area contributed by atoms with E-state index in [1.54, 1.807) is 13.0 Å². The standard InChI is InChI=1S/C10H6BrClFN/c1-6(5-14)10(12)8-3-2-7(11)4-9(8)13/h2-4H,1H3/b10-6-. The second-order valence-electron chi connectivity index (χ2n) is 2.67. The van der Waals surface area contributed by atoms with E-state index in [2.05, 4.69) is 15.9 Å². The summed E-state index contributed by atoms with van der Waals surface area (Å²) in [5.41, 5.74) is 0.543. The van der Waals surface area contributed by atoms with Crippen LogP contribution in [0.1, 0.15) is 12.5 Å². The minimum atomic E-state index is -0.445. The van der Waals surface area contributed by atoms with Gasteiger partial charge in [-0.3, -0.25) is 0 Å². The fourth-order valence-electron chi connectivity index (χ4n) is 0.919. The van der Waals surface area contributed by atoms with Crippen molar-refractivity contribution in [2.75, 3.05) is 0 Å². The van der Waals surface area contributed by atoms with Gasteiger partial charge in [0.05, 0.1) is 11.1 Å². The SMILES string of the molecule is C/C(C#N)=C(/Cl)c1ccc(Br)cc1F. The predicted molar refractivity (Wildman–Crippen MR) is 58.2 cm³/mol. The number of nitrogens with zero attached hydrogens (tertiary/aromatic N) is 1. The van der Waals surface area contributed by atoms with Gasteiger partial charge in [-0.25, -0.2) is 4.39 Å². The maximum Gasteiger partial charge on any atom is 0.133 e. The maximum absolute atomic E-state index is 13.3. The van der Waals surface area contributed by atoms with Gasteiger partial charge in [0.25, 0.3) is 0 Å². The summed E-state index contributed by atoms with van der Waals surface area (Å²) in [6.07, 6.45) is 0. The molecule has 0 amide bonds. The number of allylic oxidation sites excluding steroid dienone is 1. The van der Waals surface area contributed by atoms with E-state index in [9.17, 15) is 4.39 Å². The van der Waals surface area contributed by atoms with Crippen molar-refractivity contribution in [1.29, 1.82) is 5.26 Å². The Morgan fingerprint density at radius 2 is 2.21 bits per heavy atom. The van der Waals surface area contributed by atoms with Crippen LogP contribution in [0.4, 0.5) is 4.39 Å². The number of nitriles is 1. The highest BCUT2D eigenvalue weighted by Crippen LogP contribution is 2.27. The molecule has 0 N–H and O–H groups in total. The van der Waals surface area contributed by atoms with Crippen molar-refractivity contribution in [2.45, 2.75) is 6.92 Å². The summed E-state index contributed by atoms with van der Waals surface area (Å²) in [6, 6.07) is 6.38. The molecule has 0 saturated carbocycles. The molecule has 72 valence electrons. The molecule has 0 atom stereocenters. The molecule has 0 aromatic heterocycles. The maximum atomic E-state index is 13.3. The van der Waals surface area contributed by atoms with E-state index in [1.165, 1.54) is 12.1 Å². The van der Waals surface area contributed by atoms with Gasteiger partial charge >= 0.3 is 0 Å². The molecular weight excluding hydrogens is 268 g/mol. The molecule has 0 spiro atoms. The molecule has 0 radical (unpaired) electrons. The zero-order chi connectivity index (χ0) is 10.7. The minimum absolute atomic E-state index is 0.150. The molecule has 1 rings (SSSR count). The summed E-state index contributed by atoms with van der Waals surface area (Å²) in [7, 11) is 0. The van der Waals surface area contributed by atoms with E-state index < -0.39 is 5.82 Å². The third-order valence-electron chi connectivity index (χ3n) is 1.66. The van der Waals surface area contributed by atoms with E-state index in [-0.39, 0.29) is 10.6 Å². The molecule has 0 aliphatic carbocycles. The Morgan fingerprint density at radius 1 is 1.57 bits per heavy atom. The van der Waals surface area contributed by atoms with E-state index in [1.807, 2.05) is 6.07 Å². The van der Waals surface area contributed by atoms with Crippen LogP contribution in [0.25, 0.3) is 5.03 Å². The van der Waals surface area contributed by atoms with Crippen LogP contribution in [0.15, 0.2) is 28.2 Å². The molecular formula is C10H6BrClFN. The van der Waals surface area contributed by atoms with E-state index >= 15 is 0 Å². The van der Waals surface area contributed by atoms with E-state index in [0.29, 0.717) is 10.0 Å². The van der Waals surface area contributed by atoms with Gasteiger partial charge in [-0.2, -0.15) is 5.26 Å². The zero-order valence-electron chi connectivity index (χ0n) is 7.31. The number of rotatable bonds is 1. The topological polar surface area (TPSA) is 23.8 Å². The number of hydrogen-bond acceptors (Lipinski definition) is 1. The number of benzene rings is 1. The Labute approximate surface area is 94.9 Å². The average molecular weight is 275 g/mol. The third kappa shape index (κ3) is 2.34. The van der Waals surface area contributed by atoms with E-state index in [4.69, 9.17) is 16.9 Å². The lowest BCUT2D eigenvalue weighted by Crippen LogP contribution is -1.87. The summed E-state index contributed by atoms with van der Waals surface area (Å²) < 4.78 is 14.0. The second-order valence-corrected chi connectivity index (χ2v) is 3.97. The molecule has 4 heteroatoms. The number of halogens is 3. The normalized spacial score (nSPS) is 11.9. The Kier molecular flexibility index (Phi) is 3.68. The van der Waals surface area contributed by atoms with Crippen LogP contribution in [0.3, 0.4) is 0 Å². The summed E-state index contributed by atoms with van der Waals surface area (Å²) in [5, 5.41) is 8.74. The molecule has 1 nitrogen and oxygen atoms in total. The average Bonchev–Trinajstić information content (AvgIpc) is 2.15. The summed E-state index contributed by atoms with van der Waals surface area (Å²) in [6.45, 7) is 1.55. The van der Waals surface area contributed by atoms with Gasteiger partial charge in [-0.1, -0.05) is 27.5 Å². The molecule has 14 heavy (non-hydrogen) atoms. The molecule has 1 aromatic carbocycles. The quantitative estimate of drug-likeness (QED) is 0.708. The van der Waals surface area contributed by atoms with Crippen LogP contribution in [0.5, 0.6) is 0 Å². The minimum Gasteiger partial charge on any atom is -0.206 e. The van der Waals surface area contributed by atoms with Crippen LogP contribution in [-0.2, 0) is 0 Å². The van der Waals surface area contributed by atoms with Gasteiger partial charge < -0.3 is 0 Å². The van der Waals surface area contributed by atoms with E-state index in [0.717, 1.165) is 0 Å². The first kappa shape index (κ1) is 11.2. The molecule has 0 aliphatic rings. The van der Waals surface area contributed by atoms with Gasteiger partial charge in [0, 0.05) is 15.6 Å². The lowest BCUT2D eigenvalue weighted by molar-refractivity contribution is 0.623. The van der Waals surface area contributed by atoms with Crippen LogP contribution in [0.2, 0.25) is 0 Å². The Balaban J connectivity index is 3.29. The first-order chi connectivity index (χ1) is 6.56. The Hall–Kier alpha value is -0.850. The monoisotopic (exact) mass is 273 g/mol. The van der Waals surface area contributed by atoms with Crippen molar-refractivity contribution < 1.29 is 4.39 Å². The van der Waals surface area contributed by atoms with Crippen LogP contribution >= 0.6 is 27.5 Å². The summed E-state index contributed by atoms with van der Waals surface area (Å²) in [5.74, 6) is -0.445. The first-order valence-corrected chi connectivity index (χ1v) is 4.95. The lowest BCUT2D eigenvalue weighted by atomic mass is 10.1. The van der Waals surface area contributed by atoms with Crippen molar-refractivity contribution in [3.63, 3.8) is 0 Å². The van der Waals surface area contributed by atoms with Gasteiger partial charge in [-0.15, -0.1) is 0 Å². The highest BCUT2D eigenvalue weighted by Gasteiger charge is 2.08. The smallest absolute Gasteiger partial charge is 0.133 e. The zero-order valence-corrected chi connectivity index (χ0v) is 9.66. The molecule has 0 saturated heterocycles. The van der Waals surface area contributed by atoms with Gasteiger partial charge in [-0.05, 0) is 25.1 Å². The second kappa shape index (κ2) is 4.59. The molecule has 0 unspecified atom stereocenters. The highest BCUT2D eigenvalue weighted by molar-refractivity contribution is 9.10. The van der Waals surface area contributed by atoms with Gasteiger partial charge in [0.15, 0.2) is 0 Å². The predicted octanol–water partition coefficient (Wildman–Crippen LogP) is 4.08. The number of hydrogen-bond donors (Lipinski definition) is 0. The fraction of sp³-hybridized carbons (Fsp3) is 0.100. The summed E-state index contributed by atoms with van der Waals surface area (Å²) in [4.78, 5) is 0. The molecule has 1 aromatic rings. The van der Waals surface area contributed by atoms with Crippen molar-refractivity contribution in [1.82, 2.24) is 0 Å². The molecule has 0 bridgehead atoms. The van der Waals surface area contributed by atoms with Gasteiger partial charge in [0.1, 0.15) is 5.82 Å². The lowest BCUT2D eigenvalue weighted by Gasteiger charge is -2.02. The Morgan fingerprint density at radius 3 is 2.71 bits per heavy atom. The van der Waals surface area contributed by atoms with Crippen LogP contribution in [-0.4, -0.2) is 0 Å². The fourth-order valence-corrected chi connectivity index (χ4v) is 1.45. The van der Waals surface area contributed by atoms with Crippen molar-refractivity contribution in [2.24, 2.45) is 0 Å². The van der Waals surface area contributed by atoms with Crippen molar-refractivity contribution in [3.8, 4) is 6.07 Å². The van der Waals surface area contributed by atoms with Crippen LogP contribution in [0, 0.1) is 17.1 Å². The first-order valence-electron chi connectivity index (χ1n) is 3.78. The summed E-state index contributed by atoms with van der Waals surface area (Å²) >= 11 is 8.95. The third-order valence-corrected chi connectivity index (χ3v) is 2.64. The van der Waals surface area contributed by atoms with Crippen LogP contribution < -0.4 is 0 Å².